The van der Waals surface area contributed by atoms with Gasteiger partial charge in [-0.2, -0.15) is 13.2 Å². The summed E-state index contributed by atoms with van der Waals surface area (Å²) in [4.78, 5) is 38.1. The molecule has 0 saturated carbocycles. The summed E-state index contributed by atoms with van der Waals surface area (Å²) >= 11 is 0. The molecule has 0 radical (unpaired) electrons. The summed E-state index contributed by atoms with van der Waals surface area (Å²) in [5.74, 6) is -4.04. The fraction of sp³-hybridized carbons (Fsp3) is 0.370. The van der Waals surface area contributed by atoms with Gasteiger partial charge in [-0.3, -0.25) is 4.79 Å². The van der Waals surface area contributed by atoms with Crippen molar-refractivity contribution < 1.29 is 41.4 Å². The molecule has 8 nitrogen and oxygen atoms in total. The van der Waals surface area contributed by atoms with Crippen LogP contribution in [0.2, 0.25) is 0 Å². The second-order valence-electron chi connectivity index (χ2n) is 9.59. The van der Waals surface area contributed by atoms with Crippen molar-refractivity contribution in [2.24, 2.45) is 5.92 Å². The van der Waals surface area contributed by atoms with E-state index in [1.165, 1.54) is 36.4 Å². The number of ether oxygens (including phenoxy) is 3. The van der Waals surface area contributed by atoms with Crippen LogP contribution < -0.4 is 20.2 Å². The molecule has 0 aliphatic rings. The fourth-order valence-corrected chi connectivity index (χ4v) is 3.39. The van der Waals surface area contributed by atoms with Crippen molar-refractivity contribution in [3.63, 3.8) is 0 Å². The predicted molar refractivity (Wildman–Crippen MR) is 132 cm³/mol. The molecule has 38 heavy (non-hydrogen) atoms. The highest BCUT2D eigenvalue weighted by Crippen LogP contribution is 2.38. The van der Waals surface area contributed by atoms with E-state index in [9.17, 15) is 27.6 Å². The number of benzene rings is 2. The van der Waals surface area contributed by atoms with Gasteiger partial charge in [0.2, 0.25) is 11.2 Å². The molecule has 1 amide bonds. The third kappa shape index (κ3) is 7.05. The molecule has 1 N–H and O–H groups in total. The van der Waals surface area contributed by atoms with E-state index in [0.29, 0.717) is 6.42 Å². The predicted octanol–water partition coefficient (Wildman–Crippen LogP) is 6.45. The Kier molecular flexibility index (Phi) is 8.38. The Morgan fingerprint density at radius 3 is 2.26 bits per heavy atom. The average molecular weight is 536 g/mol. The zero-order chi connectivity index (χ0) is 28.3. The average Bonchev–Trinajstić information content (AvgIpc) is 2.82. The number of esters is 1. The molecule has 2 aromatic carbocycles. The number of hydrogen-bond donors (Lipinski definition) is 1. The van der Waals surface area contributed by atoms with Crippen LogP contribution >= 0.6 is 0 Å². The summed E-state index contributed by atoms with van der Waals surface area (Å²) < 4.78 is 62.2. The first-order valence-corrected chi connectivity index (χ1v) is 11.8. The number of rotatable bonds is 7. The van der Waals surface area contributed by atoms with Crippen LogP contribution in [-0.2, 0) is 15.7 Å². The van der Waals surface area contributed by atoms with Crippen LogP contribution in [0.15, 0.2) is 57.7 Å². The number of carbonyl (C=O) groups excluding carboxylic acids is 2. The number of nitrogens with one attached hydrogen (secondary N) is 1. The zero-order valence-corrected chi connectivity index (χ0v) is 21.5. The van der Waals surface area contributed by atoms with Crippen LogP contribution in [0.5, 0.6) is 17.2 Å². The molecule has 0 bridgehead atoms. The molecule has 11 heteroatoms. The van der Waals surface area contributed by atoms with E-state index in [1.54, 1.807) is 40.7 Å². The topological polar surface area (TPSA) is 104 Å². The third-order valence-electron chi connectivity index (χ3n) is 5.40. The van der Waals surface area contributed by atoms with Gasteiger partial charge in [0.25, 0.3) is 5.76 Å². The number of para-hydroxylation sites is 1. The summed E-state index contributed by atoms with van der Waals surface area (Å²) in [6.45, 7) is 8.51. The van der Waals surface area contributed by atoms with Crippen LogP contribution in [0, 0.1) is 5.92 Å². The second kappa shape index (κ2) is 11.2. The highest BCUT2D eigenvalue weighted by molar-refractivity contribution is 5.85. The molecular weight excluding hydrogens is 507 g/mol. The van der Waals surface area contributed by atoms with Gasteiger partial charge in [0.05, 0.1) is 5.39 Å². The summed E-state index contributed by atoms with van der Waals surface area (Å²) in [5, 5.41) is 2.26. The van der Waals surface area contributed by atoms with Crippen molar-refractivity contribution >= 4 is 23.0 Å². The van der Waals surface area contributed by atoms with E-state index in [1.807, 2.05) is 0 Å². The van der Waals surface area contributed by atoms with Gasteiger partial charge < -0.3 is 23.9 Å². The van der Waals surface area contributed by atoms with Gasteiger partial charge in [-0.15, -0.1) is 0 Å². The summed E-state index contributed by atoms with van der Waals surface area (Å²) in [5.41, 5.74) is -2.32. The van der Waals surface area contributed by atoms with Crippen molar-refractivity contribution in [3.8, 4) is 17.2 Å². The van der Waals surface area contributed by atoms with Gasteiger partial charge in [-0.05, 0) is 51.0 Å². The normalized spacial score (nSPS) is 13.5. The van der Waals surface area contributed by atoms with Crippen LogP contribution in [0.4, 0.5) is 18.0 Å². The molecule has 0 aliphatic heterocycles. The number of alkyl halides is 3. The fourth-order valence-electron chi connectivity index (χ4n) is 3.39. The van der Waals surface area contributed by atoms with Gasteiger partial charge in [0.1, 0.15) is 28.7 Å². The number of alkyl carbamates (subject to hydrolysis) is 1. The summed E-state index contributed by atoms with van der Waals surface area (Å²) in [7, 11) is 0. The Balaban J connectivity index is 1.95. The zero-order valence-electron chi connectivity index (χ0n) is 21.5. The molecule has 0 aliphatic carbocycles. The first-order valence-electron chi connectivity index (χ1n) is 11.8. The van der Waals surface area contributed by atoms with E-state index >= 15 is 0 Å². The summed E-state index contributed by atoms with van der Waals surface area (Å²) in [6, 6.07) is 9.79. The van der Waals surface area contributed by atoms with E-state index in [0.717, 1.165) is 6.07 Å². The molecule has 3 aromatic rings. The Labute approximate surface area is 216 Å². The number of fused-ring (bicyclic) bond motifs is 1. The van der Waals surface area contributed by atoms with Crippen LogP contribution in [0.1, 0.15) is 46.8 Å². The second-order valence-corrected chi connectivity index (χ2v) is 9.59. The van der Waals surface area contributed by atoms with Gasteiger partial charge in [0, 0.05) is 6.07 Å². The maximum Gasteiger partial charge on any atom is 0.453 e. The number of halogens is 3. The standard InChI is InChI=1S/C27H28F3NO7/c1-6-15(2)20(31-25(34)38-26(3,4)5)24(33)36-17-12-13-18-19(14-17)37-23(27(28,29)30)22(21(18)32)35-16-10-8-7-9-11-16/h7-15,20H,6H2,1-5H3,(H,31,34)/t15-,20+/m0/s1. The van der Waals surface area contributed by atoms with Crippen molar-refractivity contribution in [2.45, 2.75) is 58.9 Å². The van der Waals surface area contributed by atoms with E-state index < -0.39 is 52.4 Å². The lowest BCUT2D eigenvalue weighted by Gasteiger charge is -2.25. The largest absolute Gasteiger partial charge is 0.453 e. The lowest BCUT2D eigenvalue weighted by atomic mass is 9.99. The quantitative estimate of drug-likeness (QED) is 0.274. The lowest BCUT2D eigenvalue weighted by Crippen LogP contribution is -2.48. The minimum absolute atomic E-state index is 0.0174. The van der Waals surface area contributed by atoms with Crippen LogP contribution in [0.3, 0.4) is 0 Å². The molecule has 0 saturated heterocycles. The highest BCUT2D eigenvalue weighted by atomic mass is 19.4. The number of carbonyl (C=O) groups is 2. The SMILES string of the molecule is CC[C@H](C)[C@@H](NC(=O)OC(C)(C)C)C(=O)Oc1ccc2c(=O)c(Oc3ccccc3)c(C(F)(F)F)oc2c1. The molecule has 1 aromatic heterocycles. The molecule has 0 unspecified atom stereocenters. The lowest BCUT2D eigenvalue weighted by molar-refractivity contribution is -0.154. The Morgan fingerprint density at radius 1 is 1.03 bits per heavy atom. The van der Waals surface area contributed by atoms with E-state index in [4.69, 9.17) is 18.6 Å². The van der Waals surface area contributed by atoms with Gasteiger partial charge in [-0.1, -0.05) is 38.5 Å². The van der Waals surface area contributed by atoms with E-state index in [2.05, 4.69) is 5.32 Å². The molecule has 2 atom stereocenters. The van der Waals surface area contributed by atoms with Gasteiger partial charge in [-0.25, -0.2) is 9.59 Å². The minimum Gasteiger partial charge on any atom is -0.449 e. The van der Waals surface area contributed by atoms with Crippen LogP contribution in [0.25, 0.3) is 11.0 Å². The smallest absolute Gasteiger partial charge is 0.449 e. The van der Waals surface area contributed by atoms with Gasteiger partial charge in [0.15, 0.2) is 0 Å². The maximum atomic E-state index is 13.8. The maximum absolute atomic E-state index is 13.8. The molecule has 0 spiro atoms. The third-order valence-corrected chi connectivity index (χ3v) is 5.40. The number of amides is 1. The Hall–Kier alpha value is -4.02. The monoisotopic (exact) mass is 535 g/mol. The molecule has 204 valence electrons. The van der Waals surface area contributed by atoms with Gasteiger partial charge >= 0.3 is 18.2 Å². The Morgan fingerprint density at radius 2 is 1.68 bits per heavy atom. The van der Waals surface area contributed by atoms with Crippen molar-refractivity contribution in [1.82, 2.24) is 5.32 Å². The highest BCUT2D eigenvalue weighted by Gasteiger charge is 2.40. The molecular formula is C27H28F3NO7. The first-order chi connectivity index (χ1) is 17.7. The van der Waals surface area contributed by atoms with Crippen molar-refractivity contribution in [3.05, 3.63) is 64.5 Å². The van der Waals surface area contributed by atoms with Crippen molar-refractivity contribution in [1.29, 1.82) is 0 Å². The van der Waals surface area contributed by atoms with Crippen LogP contribution in [-0.4, -0.2) is 23.7 Å². The van der Waals surface area contributed by atoms with Crippen molar-refractivity contribution in [2.75, 3.05) is 0 Å². The first kappa shape index (κ1) is 28.5. The van der Waals surface area contributed by atoms with E-state index in [-0.39, 0.29) is 22.8 Å². The Bertz CT molecular complexity index is 1360. The molecule has 0 fully saturated rings. The minimum atomic E-state index is -5.05. The molecule has 3 rings (SSSR count). The summed E-state index contributed by atoms with van der Waals surface area (Å²) in [6.07, 6.45) is -5.38. The number of hydrogen-bond acceptors (Lipinski definition) is 7. The molecule has 1 heterocycles.